The van der Waals surface area contributed by atoms with Gasteiger partial charge in [-0.05, 0) is 6.92 Å². The van der Waals surface area contributed by atoms with Crippen molar-refractivity contribution in [3.8, 4) is 0 Å². The number of rotatable bonds is 2. The van der Waals surface area contributed by atoms with Crippen LogP contribution in [0.15, 0.2) is 12.7 Å². The van der Waals surface area contributed by atoms with Gasteiger partial charge in [0.05, 0.1) is 12.6 Å². The van der Waals surface area contributed by atoms with Crippen molar-refractivity contribution in [3.63, 3.8) is 0 Å². The Balaban J connectivity index is 0.000000461. The molecule has 1 atom stereocenters. The summed E-state index contributed by atoms with van der Waals surface area (Å²) in [5, 5.41) is 12.6. The highest BCUT2D eigenvalue weighted by Gasteiger charge is 1.95. The Morgan fingerprint density at radius 2 is 2.27 bits per heavy atom. The predicted molar refractivity (Wildman–Crippen MR) is 33.9 cm³/mol. The Morgan fingerprint density at radius 3 is 2.64 bits per heavy atom. The molecule has 4 nitrogen and oxygen atoms in total. The number of hydrogen-bond acceptors (Lipinski definition) is 3. The van der Waals surface area contributed by atoms with Crippen LogP contribution in [0.3, 0.4) is 0 Å². The van der Waals surface area contributed by atoms with E-state index in [4.69, 9.17) is 14.3 Å². The summed E-state index contributed by atoms with van der Waals surface area (Å²) in [4.78, 5) is 3.72. The molecule has 0 aliphatic rings. The molecule has 64 valence electrons. The van der Waals surface area contributed by atoms with Crippen LogP contribution in [0.4, 0.5) is 9.15 Å². The number of aliphatic hydroxyl groups is 1. The zero-order chi connectivity index (χ0) is 8.69. The van der Waals surface area contributed by atoms with E-state index in [1.165, 1.54) is 6.33 Å². The van der Waals surface area contributed by atoms with Gasteiger partial charge in [0.2, 0.25) is 0 Å². The summed E-state index contributed by atoms with van der Waals surface area (Å²) < 4.78 is 17.6. The third-order valence-electron chi connectivity index (χ3n) is 0.918. The first-order chi connectivity index (χ1) is 5.29. The van der Waals surface area contributed by atoms with E-state index in [1.807, 2.05) is 0 Å². The third kappa shape index (κ3) is 4.38. The molecule has 0 spiro atoms. The number of nitrogens with zero attached hydrogens (tertiary/aromatic N) is 3. The predicted octanol–water partition coefficient (Wildman–Crippen LogP) is 0.499. The molecule has 0 fully saturated rings. The lowest BCUT2D eigenvalue weighted by Crippen LogP contribution is -2.11. The molecule has 0 radical (unpaired) electrons. The van der Waals surface area contributed by atoms with E-state index in [0.29, 0.717) is 6.54 Å². The number of halogens is 2. The van der Waals surface area contributed by atoms with Crippen LogP contribution < -0.4 is 0 Å². The molecule has 1 aromatic rings. The molecule has 0 saturated heterocycles. The fourth-order valence-corrected chi connectivity index (χ4v) is 0.598. The van der Waals surface area contributed by atoms with Gasteiger partial charge >= 0.3 is 0 Å². The van der Waals surface area contributed by atoms with Gasteiger partial charge in [0.1, 0.15) is 12.7 Å². The lowest BCUT2D eigenvalue weighted by Gasteiger charge is -2.00. The van der Waals surface area contributed by atoms with E-state index >= 15 is 0 Å². The van der Waals surface area contributed by atoms with Crippen molar-refractivity contribution in [2.24, 2.45) is 0 Å². The molecular weight excluding hydrogens is 156 g/mol. The molecule has 1 aromatic heterocycles. The van der Waals surface area contributed by atoms with Crippen molar-refractivity contribution in [2.45, 2.75) is 19.6 Å². The van der Waals surface area contributed by atoms with Gasteiger partial charge in [-0.1, -0.05) is 0 Å². The molecule has 1 N–H and O–H groups in total. The van der Waals surface area contributed by atoms with Gasteiger partial charge < -0.3 is 5.11 Å². The first-order valence-electron chi connectivity index (χ1n) is 2.94. The van der Waals surface area contributed by atoms with Crippen LogP contribution in [0.2, 0.25) is 0 Å². The molecule has 0 amide bonds. The average Bonchev–Trinajstić information content (AvgIpc) is 2.43. The fourth-order valence-electron chi connectivity index (χ4n) is 0.598. The van der Waals surface area contributed by atoms with Crippen LogP contribution in [-0.2, 0) is 6.54 Å². The Labute approximate surface area is 62.3 Å². The maximum atomic E-state index is 8.84. The molecule has 11 heavy (non-hydrogen) atoms. The van der Waals surface area contributed by atoms with Crippen LogP contribution in [0, 0.1) is 0 Å². The molecule has 6 heteroatoms. The SMILES string of the molecule is CC(O)Cn1cncn1.FF. The largest absolute Gasteiger partial charge is 0.391 e. The van der Waals surface area contributed by atoms with Gasteiger partial charge in [-0.25, -0.2) is 4.98 Å². The highest BCUT2D eigenvalue weighted by Crippen LogP contribution is 1.85. The average molecular weight is 165 g/mol. The molecule has 0 aliphatic heterocycles. The smallest absolute Gasteiger partial charge is 0.137 e. The Hall–Kier alpha value is -1.04. The summed E-state index contributed by atoms with van der Waals surface area (Å²) in [5.41, 5.74) is 0. The fraction of sp³-hybridized carbons (Fsp3) is 0.600. The van der Waals surface area contributed by atoms with Crippen molar-refractivity contribution in [2.75, 3.05) is 0 Å². The van der Waals surface area contributed by atoms with Crippen LogP contribution in [0.5, 0.6) is 0 Å². The molecule has 0 bridgehead atoms. The van der Waals surface area contributed by atoms with E-state index in [1.54, 1.807) is 17.9 Å². The van der Waals surface area contributed by atoms with Crippen molar-refractivity contribution in [3.05, 3.63) is 12.7 Å². The van der Waals surface area contributed by atoms with E-state index in [2.05, 4.69) is 10.1 Å². The minimum atomic E-state index is -0.355. The van der Waals surface area contributed by atoms with Gasteiger partial charge in [0, 0.05) is 9.15 Å². The second kappa shape index (κ2) is 5.72. The normalized spacial score (nSPS) is 11.6. The topological polar surface area (TPSA) is 50.9 Å². The monoisotopic (exact) mass is 165 g/mol. The van der Waals surface area contributed by atoms with E-state index < -0.39 is 0 Å². The zero-order valence-electron chi connectivity index (χ0n) is 5.98. The maximum absolute atomic E-state index is 8.84. The van der Waals surface area contributed by atoms with Gasteiger partial charge in [-0.15, -0.1) is 0 Å². The van der Waals surface area contributed by atoms with Gasteiger partial charge in [0.25, 0.3) is 0 Å². The maximum Gasteiger partial charge on any atom is 0.137 e. The van der Waals surface area contributed by atoms with Crippen molar-refractivity contribution >= 4 is 0 Å². The number of aliphatic hydroxyl groups excluding tert-OH is 1. The molecule has 1 rings (SSSR count). The highest BCUT2D eigenvalue weighted by atomic mass is 20.0. The van der Waals surface area contributed by atoms with Crippen LogP contribution >= 0.6 is 0 Å². The third-order valence-corrected chi connectivity index (χ3v) is 0.918. The molecule has 0 aliphatic carbocycles. The summed E-state index contributed by atoms with van der Waals surface area (Å²) in [6.07, 6.45) is 2.67. The van der Waals surface area contributed by atoms with Crippen molar-refractivity contribution < 1.29 is 14.3 Å². The van der Waals surface area contributed by atoms with Crippen molar-refractivity contribution in [1.82, 2.24) is 14.8 Å². The van der Waals surface area contributed by atoms with E-state index in [-0.39, 0.29) is 6.10 Å². The minimum absolute atomic E-state index is 0.355. The first-order valence-corrected chi connectivity index (χ1v) is 2.94. The standard InChI is InChI=1S/C5H9N3O.F2/c1-5(9)2-8-4-6-3-7-8;1-2/h3-5,9H,2H2,1H3;. The number of aromatic nitrogens is 3. The minimum Gasteiger partial charge on any atom is -0.391 e. The zero-order valence-corrected chi connectivity index (χ0v) is 5.98. The van der Waals surface area contributed by atoms with Gasteiger partial charge in [-0.2, -0.15) is 5.10 Å². The second-order valence-electron chi connectivity index (χ2n) is 1.97. The quantitative estimate of drug-likeness (QED) is 0.694. The van der Waals surface area contributed by atoms with Crippen LogP contribution in [0.25, 0.3) is 0 Å². The first kappa shape index (κ1) is 9.96. The molecule has 0 saturated carbocycles. The van der Waals surface area contributed by atoms with Crippen molar-refractivity contribution in [1.29, 1.82) is 0 Å². The summed E-state index contributed by atoms with van der Waals surface area (Å²) >= 11 is 0. The number of hydrogen-bond donors (Lipinski definition) is 1. The summed E-state index contributed by atoms with van der Waals surface area (Å²) in [6.45, 7) is 2.22. The highest BCUT2D eigenvalue weighted by molar-refractivity contribution is 4.57. The van der Waals surface area contributed by atoms with Crippen LogP contribution in [0.1, 0.15) is 6.92 Å². The molecule has 1 heterocycles. The van der Waals surface area contributed by atoms with Gasteiger partial charge in [-0.3, -0.25) is 4.68 Å². The van der Waals surface area contributed by atoms with Gasteiger partial charge in [0.15, 0.2) is 0 Å². The molecule has 0 aromatic carbocycles. The molecule has 1 unspecified atom stereocenters. The summed E-state index contributed by atoms with van der Waals surface area (Å²) in [6, 6.07) is 0. The lowest BCUT2D eigenvalue weighted by molar-refractivity contribution is 0.108. The Morgan fingerprint density at radius 1 is 1.64 bits per heavy atom. The van der Waals surface area contributed by atoms with E-state index in [0.717, 1.165) is 0 Å². The summed E-state index contributed by atoms with van der Waals surface area (Å²) in [5.74, 6) is 0. The Kier molecular flexibility index (Phi) is 5.18. The second-order valence-corrected chi connectivity index (χ2v) is 1.97. The lowest BCUT2D eigenvalue weighted by atomic mass is 10.4. The Bertz CT molecular complexity index is 166. The molecular formula is C5H9F2N3O. The van der Waals surface area contributed by atoms with E-state index in [9.17, 15) is 0 Å². The van der Waals surface area contributed by atoms with Crippen LogP contribution in [-0.4, -0.2) is 26.0 Å². The summed E-state index contributed by atoms with van der Waals surface area (Å²) in [7, 11) is 0.